The van der Waals surface area contributed by atoms with Gasteiger partial charge in [-0.1, -0.05) is 54.1 Å². The third-order valence-corrected chi connectivity index (χ3v) is 3.99. The molecule has 0 radical (unpaired) electrons. The number of hydrogen-bond acceptors (Lipinski definition) is 2. The van der Waals surface area contributed by atoms with Gasteiger partial charge in [-0.2, -0.15) is 0 Å². The van der Waals surface area contributed by atoms with Gasteiger partial charge in [-0.25, -0.2) is 0 Å². The number of Topliss-reactive ketones (excluding diaryl/α,β-unsaturated/α-hetero) is 1. The van der Waals surface area contributed by atoms with Gasteiger partial charge in [0.05, 0.1) is 12.7 Å². The maximum Gasteiger partial charge on any atom is 0.140 e. The molecule has 0 saturated carbocycles. The second kappa shape index (κ2) is 6.23. The van der Waals surface area contributed by atoms with Gasteiger partial charge >= 0.3 is 0 Å². The van der Waals surface area contributed by atoms with Gasteiger partial charge in [-0.05, 0) is 30.0 Å². The molecule has 0 spiro atoms. The number of ether oxygens (including phenoxy) is 1. The second-order valence-corrected chi connectivity index (χ2v) is 5.72. The molecule has 1 heterocycles. The van der Waals surface area contributed by atoms with E-state index in [0.29, 0.717) is 19.4 Å². The van der Waals surface area contributed by atoms with Crippen molar-refractivity contribution in [3.05, 3.63) is 70.8 Å². The zero-order chi connectivity index (χ0) is 14.7. The fourth-order valence-electron chi connectivity index (χ4n) is 2.97. The second-order valence-electron chi connectivity index (χ2n) is 5.72. The average molecular weight is 280 g/mol. The molecule has 0 saturated heterocycles. The summed E-state index contributed by atoms with van der Waals surface area (Å²) in [6.07, 6.45) is 1.82. The molecule has 0 N–H and O–H groups in total. The number of rotatable bonds is 4. The number of benzene rings is 2. The zero-order valence-corrected chi connectivity index (χ0v) is 12.3. The first-order valence-electron chi connectivity index (χ1n) is 7.49. The zero-order valence-electron chi connectivity index (χ0n) is 12.3. The summed E-state index contributed by atoms with van der Waals surface area (Å²) in [7, 11) is 0. The third-order valence-electron chi connectivity index (χ3n) is 3.99. The summed E-state index contributed by atoms with van der Waals surface area (Å²) in [5.41, 5.74) is 4.78. The number of carbonyl (C=O) groups excluding carboxylic acids is 1. The Hall–Kier alpha value is -1.93. The molecule has 0 aromatic heterocycles. The fraction of sp³-hybridized carbons (Fsp3) is 0.316. The van der Waals surface area contributed by atoms with E-state index in [0.717, 1.165) is 12.0 Å². The van der Waals surface area contributed by atoms with Crippen LogP contribution in [0.25, 0.3) is 0 Å². The molecule has 0 bridgehead atoms. The minimum Gasteiger partial charge on any atom is -0.373 e. The molecule has 2 aromatic carbocycles. The van der Waals surface area contributed by atoms with E-state index >= 15 is 0 Å². The van der Waals surface area contributed by atoms with Crippen molar-refractivity contribution >= 4 is 5.78 Å². The molecule has 1 aliphatic heterocycles. The molecule has 0 aliphatic carbocycles. The van der Waals surface area contributed by atoms with E-state index in [-0.39, 0.29) is 11.9 Å². The summed E-state index contributed by atoms with van der Waals surface area (Å²) >= 11 is 0. The van der Waals surface area contributed by atoms with Gasteiger partial charge in [0.15, 0.2) is 0 Å². The Morgan fingerprint density at radius 2 is 2.05 bits per heavy atom. The molecule has 21 heavy (non-hydrogen) atoms. The van der Waals surface area contributed by atoms with Crippen molar-refractivity contribution in [1.29, 1.82) is 0 Å². The van der Waals surface area contributed by atoms with E-state index in [4.69, 9.17) is 4.74 Å². The largest absolute Gasteiger partial charge is 0.373 e. The number of aryl methyl sites for hydroxylation is 1. The molecule has 1 unspecified atom stereocenters. The van der Waals surface area contributed by atoms with Crippen LogP contribution in [0.5, 0.6) is 0 Å². The van der Waals surface area contributed by atoms with E-state index in [1.54, 1.807) is 0 Å². The van der Waals surface area contributed by atoms with Crippen molar-refractivity contribution in [1.82, 2.24) is 0 Å². The SMILES string of the molecule is Cc1cccc(CC(=O)CC2OCCc3ccccc32)c1. The van der Waals surface area contributed by atoms with E-state index in [9.17, 15) is 4.79 Å². The highest BCUT2D eigenvalue weighted by Gasteiger charge is 2.22. The van der Waals surface area contributed by atoms with Crippen LogP contribution in [-0.2, 0) is 22.4 Å². The van der Waals surface area contributed by atoms with Gasteiger partial charge < -0.3 is 4.74 Å². The molecule has 2 nitrogen and oxygen atoms in total. The standard InChI is InChI=1S/C19H20O2/c1-14-5-4-6-15(11-14)12-17(20)13-19-18-8-3-2-7-16(18)9-10-21-19/h2-8,11,19H,9-10,12-13H2,1H3. The van der Waals surface area contributed by atoms with Gasteiger partial charge in [0.25, 0.3) is 0 Å². The van der Waals surface area contributed by atoms with Crippen molar-refractivity contribution < 1.29 is 9.53 Å². The number of hydrogen-bond donors (Lipinski definition) is 0. The number of fused-ring (bicyclic) bond motifs is 1. The average Bonchev–Trinajstić information content (AvgIpc) is 2.47. The van der Waals surface area contributed by atoms with Crippen LogP contribution < -0.4 is 0 Å². The first-order valence-corrected chi connectivity index (χ1v) is 7.49. The molecule has 1 atom stereocenters. The maximum atomic E-state index is 12.3. The van der Waals surface area contributed by atoms with Gasteiger partial charge in [0, 0.05) is 12.8 Å². The van der Waals surface area contributed by atoms with E-state index in [2.05, 4.69) is 37.3 Å². The lowest BCUT2D eigenvalue weighted by Crippen LogP contribution is -2.19. The Kier molecular flexibility index (Phi) is 4.16. The molecule has 2 heteroatoms. The summed E-state index contributed by atoms with van der Waals surface area (Å²) in [5, 5.41) is 0. The quantitative estimate of drug-likeness (QED) is 0.851. The van der Waals surface area contributed by atoms with Crippen molar-refractivity contribution in [3.8, 4) is 0 Å². The Morgan fingerprint density at radius 3 is 2.90 bits per heavy atom. The predicted molar refractivity (Wildman–Crippen MR) is 83.3 cm³/mol. The Labute approximate surface area is 125 Å². The summed E-state index contributed by atoms with van der Waals surface area (Å²) in [4.78, 5) is 12.3. The summed E-state index contributed by atoms with van der Waals surface area (Å²) < 4.78 is 5.82. The summed E-state index contributed by atoms with van der Waals surface area (Å²) in [6.45, 7) is 2.76. The van der Waals surface area contributed by atoms with Crippen LogP contribution in [0.15, 0.2) is 48.5 Å². The Balaban J connectivity index is 1.68. The highest BCUT2D eigenvalue weighted by Crippen LogP contribution is 2.29. The number of carbonyl (C=O) groups is 1. The molecule has 3 rings (SSSR count). The van der Waals surface area contributed by atoms with Crippen LogP contribution in [0.1, 0.15) is 34.8 Å². The molecule has 0 fully saturated rings. The monoisotopic (exact) mass is 280 g/mol. The highest BCUT2D eigenvalue weighted by molar-refractivity contribution is 5.81. The Morgan fingerprint density at radius 1 is 1.19 bits per heavy atom. The van der Waals surface area contributed by atoms with E-state index < -0.39 is 0 Å². The minimum atomic E-state index is -0.0766. The minimum absolute atomic E-state index is 0.0766. The third kappa shape index (κ3) is 3.40. The van der Waals surface area contributed by atoms with Crippen LogP contribution in [0.3, 0.4) is 0 Å². The van der Waals surface area contributed by atoms with Crippen LogP contribution in [-0.4, -0.2) is 12.4 Å². The fourth-order valence-corrected chi connectivity index (χ4v) is 2.97. The van der Waals surface area contributed by atoms with Crippen LogP contribution in [0.4, 0.5) is 0 Å². The molecule has 0 amide bonds. The lowest BCUT2D eigenvalue weighted by molar-refractivity contribution is -0.121. The van der Waals surface area contributed by atoms with Crippen LogP contribution in [0.2, 0.25) is 0 Å². The van der Waals surface area contributed by atoms with Gasteiger partial charge in [0.1, 0.15) is 5.78 Å². The molecule has 2 aromatic rings. The van der Waals surface area contributed by atoms with E-state index in [1.807, 2.05) is 18.2 Å². The van der Waals surface area contributed by atoms with Crippen molar-refractivity contribution in [2.45, 2.75) is 32.3 Å². The molecular weight excluding hydrogens is 260 g/mol. The van der Waals surface area contributed by atoms with Crippen molar-refractivity contribution in [2.24, 2.45) is 0 Å². The number of ketones is 1. The van der Waals surface area contributed by atoms with Gasteiger partial charge in [-0.15, -0.1) is 0 Å². The summed E-state index contributed by atoms with van der Waals surface area (Å²) in [6, 6.07) is 16.4. The molecular formula is C19H20O2. The normalized spacial score (nSPS) is 17.3. The molecule has 108 valence electrons. The Bertz CT molecular complexity index is 646. The van der Waals surface area contributed by atoms with Gasteiger partial charge in [0.2, 0.25) is 0 Å². The first kappa shape index (κ1) is 14.0. The smallest absolute Gasteiger partial charge is 0.140 e. The maximum absolute atomic E-state index is 12.3. The lowest BCUT2D eigenvalue weighted by atomic mass is 9.93. The summed E-state index contributed by atoms with van der Waals surface area (Å²) in [5.74, 6) is 0.238. The van der Waals surface area contributed by atoms with Crippen molar-refractivity contribution in [2.75, 3.05) is 6.61 Å². The highest BCUT2D eigenvalue weighted by atomic mass is 16.5. The predicted octanol–water partition coefficient (Wildman–Crippen LogP) is 3.81. The lowest BCUT2D eigenvalue weighted by Gasteiger charge is -2.25. The van der Waals surface area contributed by atoms with E-state index in [1.165, 1.54) is 16.7 Å². The topological polar surface area (TPSA) is 26.3 Å². The first-order chi connectivity index (χ1) is 10.2. The van der Waals surface area contributed by atoms with Gasteiger partial charge in [-0.3, -0.25) is 4.79 Å². The van der Waals surface area contributed by atoms with Crippen molar-refractivity contribution in [3.63, 3.8) is 0 Å². The van der Waals surface area contributed by atoms with Crippen LogP contribution >= 0.6 is 0 Å². The van der Waals surface area contributed by atoms with Crippen LogP contribution in [0, 0.1) is 6.92 Å². The molecule has 1 aliphatic rings.